The van der Waals surface area contributed by atoms with Crippen LogP contribution < -0.4 is 28.3 Å². The molecule has 1 aliphatic rings. The van der Waals surface area contributed by atoms with E-state index in [1.807, 2.05) is 13.8 Å². The van der Waals surface area contributed by atoms with Crippen LogP contribution in [0.1, 0.15) is 52.9 Å². The van der Waals surface area contributed by atoms with Gasteiger partial charge in [-0.15, -0.1) is 12.4 Å². The number of likely N-dealkylation sites (tertiary alicyclic amines) is 1. The Kier molecular flexibility index (Phi) is 11.9. The smallest absolute Gasteiger partial charge is 0.253 e. The summed E-state index contributed by atoms with van der Waals surface area (Å²) in [6, 6.07) is -1.69. The van der Waals surface area contributed by atoms with Gasteiger partial charge in [-0.3, -0.25) is 19.4 Å². The Balaban J connectivity index is 0.00000841. The van der Waals surface area contributed by atoms with Crippen LogP contribution in [0.4, 0.5) is 0 Å². The van der Waals surface area contributed by atoms with Gasteiger partial charge in [-0.2, -0.15) is 0 Å². The molecular formula is C19H38ClN7O3. The van der Waals surface area contributed by atoms with Gasteiger partial charge in [-0.05, 0) is 44.9 Å². The highest BCUT2D eigenvalue weighted by Gasteiger charge is 2.56. The molecule has 11 heteroatoms. The van der Waals surface area contributed by atoms with Crippen molar-refractivity contribution in [2.24, 2.45) is 33.8 Å². The van der Waals surface area contributed by atoms with Crippen molar-refractivity contribution in [3.63, 3.8) is 0 Å². The van der Waals surface area contributed by atoms with Crippen molar-refractivity contribution in [3.05, 3.63) is 0 Å². The summed E-state index contributed by atoms with van der Waals surface area (Å²) in [6.45, 7) is 6.66. The van der Waals surface area contributed by atoms with Gasteiger partial charge in [0.2, 0.25) is 5.91 Å². The van der Waals surface area contributed by atoms with E-state index in [0.29, 0.717) is 38.8 Å². The molecule has 10 nitrogen and oxygen atoms in total. The first-order chi connectivity index (χ1) is 13.6. The van der Waals surface area contributed by atoms with Crippen LogP contribution in [0.5, 0.6) is 0 Å². The van der Waals surface area contributed by atoms with Crippen LogP contribution >= 0.6 is 12.4 Å². The Morgan fingerprint density at radius 3 is 2.33 bits per heavy atom. The maximum atomic E-state index is 13.3. The fourth-order valence-electron chi connectivity index (χ4n) is 3.79. The first kappa shape index (κ1) is 28.1. The van der Waals surface area contributed by atoms with Crippen LogP contribution in [0.3, 0.4) is 0 Å². The second kappa shape index (κ2) is 12.7. The zero-order valence-electron chi connectivity index (χ0n) is 18.2. The molecule has 174 valence electrons. The third kappa shape index (κ3) is 6.82. The summed E-state index contributed by atoms with van der Waals surface area (Å²) in [5.74, 6) is -1.17. The zero-order valence-corrected chi connectivity index (χ0v) is 19.0. The lowest BCUT2D eigenvalue weighted by atomic mass is 9.83. The van der Waals surface area contributed by atoms with Gasteiger partial charge >= 0.3 is 0 Å². The van der Waals surface area contributed by atoms with Crippen LogP contribution in [-0.2, 0) is 14.4 Å². The second-order valence-corrected chi connectivity index (χ2v) is 7.97. The molecule has 2 amide bonds. The van der Waals surface area contributed by atoms with Crippen molar-refractivity contribution in [1.82, 2.24) is 10.2 Å². The van der Waals surface area contributed by atoms with Crippen LogP contribution in [0.2, 0.25) is 0 Å². The van der Waals surface area contributed by atoms with E-state index in [2.05, 4.69) is 10.3 Å². The Morgan fingerprint density at radius 1 is 1.17 bits per heavy atom. The van der Waals surface area contributed by atoms with Crippen LogP contribution in [0.25, 0.3) is 0 Å². The number of carbonyl (C=O) groups is 3. The highest BCUT2D eigenvalue weighted by Crippen LogP contribution is 2.33. The largest absolute Gasteiger partial charge is 0.370 e. The first-order valence-corrected chi connectivity index (χ1v) is 10.3. The molecule has 0 aromatic heterocycles. The van der Waals surface area contributed by atoms with Gasteiger partial charge in [-0.1, -0.05) is 13.8 Å². The summed E-state index contributed by atoms with van der Waals surface area (Å²) in [5.41, 5.74) is 21.2. The minimum Gasteiger partial charge on any atom is -0.370 e. The predicted molar refractivity (Wildman–Crippen MR) is 120 cm³/mol. The number of Topliss-reactive ketones (excluding diaryl/α,β-unsaturated/α-hetero) is 1. The number of nitrogens with one attached hydrogen (secondary N) is 1. The minimum atomic E-state index is -1.60. The average Bonchev–Trinajstić information content (AvgIpc) is 3.09. The Labute approximate surface area is 185 Å². The van der Waals surface area contributed by atoms with Gasteiger partial charge < -0.3 is 33.2 Å². The van der Waals surface area contributed by atoms with E-state index in [0.717, 1.165) is 0 Å². The standard InChI is InChI=1S/C19H37N7O3.ClH/c1-4-24-17(29)19(15(27)14(21)11-12(2)3)8-6-10-26(19)16(28)13(20)7-5-9-25-18(22)23;/h12-14H,4-11,20-21H2,1-3H3,(H,24,29)(H4,22,23,25);1H/t13-,14-,19+;/m0./s1. The number of amides is 2. The summed E-state index contributed by atoms with van der Waals surface area (Å²) >= 11 is 0. The summed E-state index contributed by atoms with van der Waals surface area (Å²) in [6.07, 6.45) is 2.06. The van der Waals surface area contributed by atoms with Gasteiger partial charge in [0.15, 0.2) is 17.3 Å². The Bertz CT molecular complexity index is 625. The van der Waals surface area contributed by atoms with Crippen LogP contribution in [-0.4, -0.2) is 65.7 Å². The van der Waals surface area contributed by atoms with Crippen LogP contribution in [0, 0.1) is 5.92 Å². The van der Waals surface area contributed by atoms with Crippen LogP contribution in [0.15, 0.2) is 4.99 Å². The van der Waals surface area contributed by atoms with Crippen molar-refractivity contribution in [1.29, 1.82) is 0 Å². The number of likely N-dealkylation sites (N-methyl/N-ethyl adjacent to an activating group) is 1. The maximum Gasteiger partial charge on any atom is 0.253 e. The molecule has 1 fully saturated rings. The third-order valence-electron chi connectivity index (χ3n) is 5.11. The molecule has 1 aliphatic heterocycles. The zero-order chi connectivity index (χ0) is 22.2. The Morgan fingerprint density at radius 2 is 1.80 bits per heavy atom. The lowest BCUT2D eigenvalue weighted by Gasteiger charge is -2.38. The number of guanidine groups is 1. The highest BCUT2D eigenvalue weighted by atomic mass is 35.5. The summed E-state index contributed by atoms with van der Waals surface area (Å²) in [4.78, 5) is 44.6. The molecule has 0 radical (unpaired) electrons. The number of nitrogens with zero attached hydrogens (tertiary/aromatic N) is 2. The van der Waals surface area contributed by atoms with Gasteiger partial charge in [-0.25, -0.2) is 0 Å². The predicted octanol–water partition coefficient (Wildman–Crippen LogP) is -0.771. The normalized spacial score (nSPS) is 20.3. The van der Waals surface area contributed by atoms with Gasteiger partial charge in [0, 0.05) is 19.6 Å². The van der Waals surface area contributed by atoms with Gasteiger partial charge in [0.05, 0.1) is 12.1 Å². The molecule has 9 N–H and O–H groups in total. The molecule has 0 aliphatic carbocycles. The molecule has 0 aromatic rings. The topological polar surface area (TPSA) is 183 Å². The quantitative estimate of drug-likeness (QED) is 0.119. The molecule has 0 aromatic carbocycles. The van der Waals surface area contributed by atoms with E-state index in [1.165, 1.54) is 4.90 Å². The van der Waals surface area contributed by atoms with E-state index in [9.17, 15) is 14.4 Å². The molecule has 1 saturated heterocycles. The lowest BCUT2D eigenvalue weighted by Crippen LogP contribution is -2.67. The number of aliphatic imine (C=N–C) groups is 1. The minimum absolute atomic E-state index is 0. The molecule has 3 atom stereocenters. The number of rotatable bonds is 11. The molecule has 0 spiro atoms. The van der Waals surface area contributed by atoms with E-state index in [1.54, 1.807) is 6.92 Å². The second-order valence-electron chi connectivity index (χ2n) is 7.97. The summed E-state index contributed by atoms with van der Waals surface area (Å²) in [5, 5.41) is 2.71. The van der Waals surface area contributed by atoms with E-state index < -0.39 is 35.2 Å². The maximum absolute atomic E-state index is 13.3. The van der Waals surface area contributed by atoms with Crippen molar-refractivity contribution in [2.75, 3.05) is 19.6 Å². The van der Waals surface area contributed by atoms with Crippen molar-refractivity contribution < 1.29 is 14.4 Å². The molecular weight excluding hydrogens is 410 g/mol. The molecule has 0 unspecified atom stereocenters. The monoisotopic (exact) mass is 447 g/mol. The number of halogens is 1. The lowest BCUT2D eigenvalue weighted by molar-refractivity contribution is -0.154. The molecule has 30 heavy (non-hydrogen) atoms. The fraction of sp³-hybridized carbons (Fsp3) is 0.789. The number of carbonyl (C=O) groups excluding carboxylic acids is 3. The van der Waals surface area contributed by atoms with E-state index in [-0.39, 0.29) is 37.3 Å². The van der Waals surface area contributed by atoms with Crippen molar-refractivity contribution in [3.8, 4) is 0 Å². The Hall–Kier alpha value is -1.91. The highest BCUT2D eigenvalue weighted by molar-refractivity contribution is 6.15. The first-order valence-electron chi connectivity index (χ1n) is 10.3. The van der Waals surface area contributed by atoms with Gasteiger partial charge in [0.1, 0.15) is 0 Å². The fourth-order valence-corrected chi connectivity index (χ4v) is 3.79. The number of ketones is 1. The third-order valence-corrected chi connectivity index (χ3v) is 5.11. The van der Waals surface area contributed by atoms with E-state index >= 15 is 0 Å². The number of hydrogen-bond donors (Lipinski definition) is 5. The van der Waals surface area contributed by atoms with Crippen molar-refractivity contribution in [2.45, 2.75) is 70.5 Å². The van der Waals surface area contributed by atoms with Gasteiger partial charge in [0.25, 0.3) is 5.91 Å². The average molecular weight is 448 g/mol. The summed E-state index contributed by atoms with van der Waals surface area (Å²) < 4.78 is 0. The summed E-state index contributed by atoms with van der Waals surface area (Å²) in [7, 11) is 0. The number of nitrogens with two attached hydrogens (primary N) is 4. The SMILES string of the molecule is CCNC(=O)[C@]1(C(=O)[C@@H](N)CC(C)C)CCCN1C(=O)[C@@H](N)CCCN=C(N)N.Cl. The molecule has 0 saturated carbocycles. The molecule has 1 rings (SSSR count). The van der Waals surface area contributed by atoms with Crippen molar-refractivity contribution >= 4 is 36.0 Å². The number of hydrogen-bond acceptors (Lipinski definition) is 6. The molecule has 1 heterocycles. The van der Waals surface area contributed by atoms with E-state index in [4.69, 9.17) is 22.9 Å². The molecule has 0 bridgehead atoms.